The van der Waals surface area contributed by atoms with Gasteiger partial charge in [-0.05, 0) is 68.6 Å². The highest BCUT2D eigenvalue weighted by atomic mass is 32.2. The molecule has 2 heterocycles. The Bertz CT molecular complexity index is 1680. The minimum atomic E-state index is -1.04. The fourth-order valence-corrected chi connectivity index (χ4v) is 8.38. The molecule has 2 bridgehead atoms. The van der Waals surface area contributed by atoms with E-state index >= 15 is 0 Å². The number of esters is 1. The molecule has 324 valence electrons. The van der Waals surface area contributed by atoms with E-state index in [4.69, 9.17) is 14.5 Å². The quantitative estimate of drug-likeness (QED) is 0.384. The van der Waals surface area contributed by atoms with E-state index < -0.39 is 71.4 Å². The Kier molecular flexibility index (Phi) is 17.4. The molecule has 0 saturated heterocycles. The zero-order valence-corrected chi connectivity index (χ0v) is 38.0. The van der Waals surface area contributed by atoms with Crippen molar-refractivity contribution >= 4 is 46.4 Å². The van der Waals surface area contributed by atoms with Crippen LogP contribution >= 0.6 is 11.8 Å². The number of amides is 4. The van der Waals surface area contributed by atoms with E-state index in [0.29, 0.717) is 36.3 Å². The summed E-state index contributed by atoms with van der Waals surface area (Å²) in [7, 11) is 6.16. The fraction of sp³-hybridized carbons (Fsp3) is 0.682. The van der Waals surface area contributed by atoms with Crippen LogP contribution in [0.4, 0.5) is 0 Å². The first kappa shape index (κ1) is 48.5. The Balaban J connectivity index is 2.08. The summed E-state index contributed by atoms with van der Waals surface area (Å²) in [5.41, 5.74) is 0.726. The van der Waals surface area contributed by atoms with Gasteiger partial charge < -0.3 is 34.6 Å². The van der Waals surface area contributed by atoms with Gasteiger partial charge in [0.15, 0.2) is 0 Å². The van der Waals surface area contributed by atoms with Crippen LogP contribution in [0.25, 0.3) is 0 Å². The molecule has 2 aliphatic heterocycles. The van der Waals surface area contributed by atoms with Crippen molar-refractivity contribution in [3.63, 3.8) is 0 Å². The normalized spacial score (nSPS) is 31.1. The number of nitrogens with one attached hydrogen (secondary N) is 1. The van der Waals surface area contributed by atoms with Gasteiger partial charge in [-0.3, -0.25) is 24.2 Å². The third-order valence-electron chi connectivity index (χ3n) is 11.9. The highest BCUT2D eigenvalue weighted by Crippen LogP contribution is 2.33. The summed E-state index contributed by atoms with van der Waals surface area (Å²) in [5, 5.41) is 15.1. The number of ether oxygens (including phenoxy) is 2. The van der Waals surface area contributed by atoms with Crippen LogP contribution in [-0.4, -0.2) is 131 Å². The van der Waals surface area contributed by atoms with Gasteiger partial charge in [-0.2, -0.15) is 0 Å². The fourth-order valence-electron chi connectivity index (χ4n) is 7.24. The number of benzene rings is 1. The zero-order chi connectivity index (χ0) is 43.8. The first-order valence-corrected chi connectivity index (χ1v) is 21.5. The van der Waals surface area contributed by atoms with Gasteiger partial charge in [0.05, 0.1) is 24.3 Å². The van der Waals surface area contributed by atoms with Gasteiger partial charge in [0.1, 0.15) is 36.0 Å². The molecule has 0 saturated carbocycles. The van der Waals surface area contributed by atoms with Crippen LogP contribution < -0.4 is 10.1 Å². The van der Waals surface area contributed by atoms with E-state index in [0.717, 1.165) is 10.6 Å². The molecule has 0 aromatic heterocycles. The van der Waals surface area contributed by atoms with E-state index in [1.54, 1.807) is 64.9 Å². The molecular formula is C44H69N5O8S. The number of carbonyl (C=O) groups is 5. The van der Waals surface area contributed by atoms with Crippen LogP contribution in [0, 0.1) is 23.2 Å². The number of aliphatic hydroxyl groups is 1. The average Bonchev–Trinajstić information content (AvgIpc) is 3.65. The van der Waals surface area contributed by atoms with Gasteiger partial charge >= 0.3 is 5.97 Å². The number of cyclic esters (lactones) is 1. The molecule has 0 spiro atoms. The predicted molar refractivity (Wildman–Crippen MR) is 229 cm³/mol. The summed E-state index contributed by atoms with van der Waals surface area (Å²) in [6.07, 6.45) is 2.23. The Hall–Kier alpha value is -3.91. The number of aliphatic hydroxyl groups excluding tert-OH is 1. The molecule has 2 aliphatic rings. The highest BCUT2D eigenvalue weighted by molar-refractivity contribution is 8.14. The van der Waals surface area contributed by atoms with Crippen molar-refractivity contribution in [1.29, 1.82) is 0 Å². The smallest absolute Gasteiger partial charge is 0.328 e. The predicted octanol–water partition coefficient (Wildman–Crippen LogP) is 5.13. The number of aliphatic imine (C=N–C) groups is 1. The van der Waals surface area contributed by atoms with Gasteiger partial charge in [0, 0.05) is 44.8 Å². The van der Waals surface area contributed by atoms with Gasteiger partial charge in [-0.1, -0.05) is 73.1 Å². The molecule has 13 nitrogen and oxygen atoms in total. The summed E-state index contributed by atoms with van der Waals surface area (Å²) in [6.45, 7) is 18.7. The van der Waals surface area contributed by atoms with Crippen molar-refractivity contribution in [2.75, 3.05) is 34.0 Å². The molecule has 0 aliphatic carbocycles. The van der Waals surface area contributed by atoms with Crippen molar-refractivity contribution in [2.45, 2.75) is 137 Å². The maximum atomic E-state index is 14.3. The van der Waals surface area contributed by atoms with Crippen molar-refractivity contribution in [1.82, 2.24) is 20.0 Å². The molecule has 4 amide bonds. The van der Waals surface area contributed by atoms with Crippen LogP contribution in [-0.2, 0) is 35.1 Å². The van der Waals surface area contributed by atoms with Crippen molar-refractivity contribution in [3.8, 4) is 5.75 Å². The highest BCUT2D eigenvalue weighted by Gasteiger charge is 2.41. The topological polar surface area (TPSA) is 158 Å². The van der Waals surface area contributed by atoms with Crippen molar-refractivity contribution in [2.24, 2.45) is 28.2 Å². The molecule has 0 fully saturated rings. The summed E-state index contributed by atoms with van der Waals surface area (Å²) in [6, 6.07) is 2.92. The second-order valence-electron chi connectivity index (χ2n) is 17.5. The summed E-state index contributed by atoms with van der Waals surface area (Å²) in [4.78, 5) is 79.3. The summed E-state index contributed by atoms with van der Waals surface area (Å²) < 4.78 is 11.5. The number of thioether (sulfide) groups is 1. The molecule has 10 atom stereocenters. The largest absolute Gasteiger partial charge is 0.497 e. The van der Waals surface area contributed by atoms with Gasteiger partial charge in [0.2, 0.25) is 23.6 Å². The molecule has 2 N–H and O–H groups in total. The number of carbonyl (C=O) groups excluding carboxylic acids is 5. The number of hydrogen-bond donors (Lipinski definition) is 2. The van der Waals surface area contributed by atoms with Gasteiger partial charge in [0.25, 0.3) is 0 Å². The standard InChI is InChI=1S/C44H69N5O8S/c1-15-26(3)37-42(54)48(12)30(7)43(55)57-36(44(8,9)10)21-25(2)20-35(50)28(5)39-45-32(24-58-39)22-27(4)38(51)46-34(23-31-16-18-33(56-14)19-17-31)41(53)47(11)29(6)40(52)49(37)13/h16-19,22,25-26,28-30,32,34-37,50H,15,20-21,23-24H2,1-14H3,(H,46,51)/b27-22-/t25-,26-,28-,29-,30-,32?,34-,35-,36-,37-/m0/s1. The molecule has 58 heavy (non-hydrogen) atoms. The van der Waals surface area contributed by atoms with Crippen molar-refractivity contribution < 1.29 is 38.6 Å². The number of fused-ring (bicyclic) bond motifs is 1. The Morgan fingerprint density at radius 2 is 1.53 bits per heavy atom. The van der Waals surface area contributed by atoms with Crippen LogP contribution in [0.5, 0.6) is 5.75 Å². The summed E-state index contributed by atoms with van der Waals surface area (Å²) in [5.74, 6) is -1.72. The second-order valence-corrected chi connectivity index (χ2v) is 18.6. The maximum Gasteiger partial charge on any atom is 0.328 e. The minimum Gasteiger partial charge on any atom is -0.497 e. The first-order valence-electron chi connectivity index (χ1n) is 20.5. The Morgan fingerprint density at radius 1 is 0.931 bits per heavy atom. The monoisotopic (exact) mass is 827 g/mol. The third kappa shape index (κ3) is 12.3. The van der Waals surface area contributed by atoms with Gasteiger partial charge in [-0.15, -0.1) is 11.8 Å². The van der Waals surface area contributed by atoms with Crippen molar-refractivity contribution in [3.05, 3.63) is 41.5 Å². The van der Waals surface area contributed by atoms with Crippen LogP contribution in [0.1, 0.15) is 94.1 Å². The lowest BCUT2D eigenvalue weighted by Crippen LogP contribution is -2.59. The van der Waals surface area contributed by atoms with Gasteiger partial charge in [-0.25, -0.2) is 4.79 Å². The van der Waals surface area contributed by atoms with E-state index in [9.17, 15) is 29.1 Å². The molecule has 1 aromatic rings. The lowest BCUT2D eigenvalue weighted by Gasteiger charge is -2.39. The molecule has 14 heteroatoms. The Labute approximate surface area is 350 Å². The van der Waals surface area contributed by atoms with E-state index in [-0.39, 0.29) is 30.2 Å². The van der Waals surface area contributed by atoms with Crippen LogP contribution in [0.15, 0.2) is 40.9 Å². The molecule has 3 rings (SSSR count). The maximum absolute atomic E-state index is 14.3. The van der Waals surface area contributed by atoms with E-state index in [1.807, 2.05) is 60.6 Å². The molecule has 1 unspecified atom stereocenters. The number of rotatable bonds is 5. The zero-order valence-electron chi connectivity index (χ0n) is 37.2. The van der Waals surface area contributed by atoms with E-state index in [2.05, 4.69) is 5.32 Å². The van der Waals surface area contributed by atoms with Crippen LogP contribution in [0.2, 0.25) is 0 Å². The molecule has 1 aromatic carbocycles. The third-order valence-corrected chi connectivity index (χ3v) is 13.2. The SMILES string of the molecule is CC[C@H](C)[C@H]1C(=O)N(C)[C@@H](C)C(=O)O[C@H](C(C)(C)C)C[C@@H](C)C[C@H](O)[C@H](C)C2=NC(/C=C(/C)C(=O)N[C@@H](Cc3ccc(OC)cc3)C(=O)N(C)[C@@H](C)C(=O)N1C)CS2. The molecule has 0 radical (unpaired) electrons. The van der Waals surface area contributed by atoms with Crippen LogP contribution in [0.3, 0.4) is 0 Å². The minimum absolute atomic E-state index is 0.0182. The number of methoxy groups -OCH3 is 1. The number of likely N-dealkylation sites (N-methyl/N-ethyl adjacent to an activating group) is 3. The summed E-state index contributed by atoms with van der Waals surface area (Å²) >= 11 is 1.55. The Morgan fingerprint density at radius 3 is 2.10 bits per heavy atom. The number of nitrogens with zero attached hydrogens (tertiary/aromatic N) is 4. The lowest BCUT2D eigenvalue weighted by molar-refractivity contribution is -0.166. The number of hydrogen-bond acceptors (Lipinski definition) is 10. The average molecular weight is 828 g/mol. The second kappa shape index (κ2) is 20.9. The van der Waals surface area contributed by atoms with E-state index in [1.165, 1.54) is 28.8 Å². The lowest BCUT2D eigenvalue weighted by atomic mass is 9.81. The molecular weight excluding hydrogens is 759 g/mol. The first-order chi connectivity index (χ1) is 27.0.